The number of ether oxygens (including phenoxy) is 3. The molecule has 0 spiro atoms. The van der Waals surface area contributed by atoms with E-state index in [0.29, 0.717) is 37.7 Å². The third-order valence-corrected chi connectivity index (χ3v) is 6.67. The van der Waals surface area contributed by atoms with Crippen LogP contribution in [0.3, 0.4) is 0 Å². The molecule has 4 aromatic rings. The number of halogens is 1. The molecule has 0 radical (unpaired) electrons. The number of methoxy groups -OCH3 is 1. The standard InChI is InChI=1S/C31H30BrNO4/c1-33(31(34)17-23-13-15-27(16-14-23)36-21-24-9-5-3-6-10-24)20-26-18-30(29(35-2)19-28(26)32)37-22-25-11-7-4-8-12-25/h3-16,18-19H,17,20-22H2,1-2H3. The summed E-state index contributed by atoms with van der Waals surface area (Å²) >= 11 is 3.61. The van der Waals surface area contributed by atoms with E-state index < -0.39 is 0 Å². The van der Waals surface area contributed by atoms with Crippen LogP contribution in [0.4, 0.5) is 0 Å². The Morgan fingerprint density at radius 3 is 1.95 bits per heavy atom. The number of amides is 1. The van der Waals surface area contributed by atoms with E-state index in [2.05, 4.69) is 15.9 Å². The van der Waals surface area contributed by atoms with Crippen molar-refractivity contribution < 1.29 is 19.0 Å². The number of hydrogen-bond donors (Lipinski definition) is 0. The van der Waals surface area contributed by atoms with Crippen LogP contribution in [0, 0.1) is 0 Å². The van der Waals surface area contributed by atoms with Crippen LogP contribution in [0.25, 0.3) is 0 Å². The second-order valence-electron chi connectivity index (χ2n) is 8.71. The van der Waals surface area contributed by atoms with Gasteiger partial charge in [0.2, 0.25) is 5.91 Å². The smallest absolute Gasteiger partial charge is 0.227 e. The van der Waals surface area contributed by atoms with Gasteiger partial charge in [-0.05, 0) is 46.5 Å². The van der Waals surface area contributed by atoms with Crippen molar-refractivity contribution in [1.82, 2.24) is 4.90 Å². The first-order valence-corrected chi connectivity index (χ1v) is 12.8. The highest BCUT2D eigenvalue weighted by Gasteiger charge is 2.16. The van der Waals surface area contributed by atoms with E-state index in [0.717, 1.165) is 32.5 Å². The molecule has 0 N–H and O–H groups in total. The zero-order chi connectivity index (χ0) is 26.0. The number of hydrogen-bond acceptors (Lipinski definition) is 4. The van der Waals surface area contributed by atoms with Gasteiger partial charge in [0.05, 0.1) is 13.5 Å². The fourth-order valence-corrected chi connectivity index (χ4v) is 4.25. The first-order chi connectivity index (χ1) is 18.0. The third-order valence-electron chi connectivity index (χ3n) is 5.93. The van der Waals surface area contributed by atoms with Gasteiger partial charge in [0.15, 0.2) is 11.5 Å². The number of carbonyl (C=O) groups is 1. The van der Waals surface area contributed by atoms with Gasteiger partial charge in [-0.1, -0.05) is 88.7 Å². The Bertz CT molecular complexity index is 1290. The quantitative estimate of drug-likeness (QED) is 0.202. The van der Waals surface area contributed by atoms with Gasteiger partial charge in [-0.2, -0.15) is 0 Å². The molecule has 0 saturated carbocycles. The lowest BCUT2D eigenvalue weighted by Crippen LogP contribution is -2.27. The van der Waals surface area contributed by atoms with Crippen molar-refractivity contribution in [2.75, 3.05) is 14.2 Å². The van der Waals surface area contributed by atoms with E-state index in [4.69, 9.17) is 14.2 Å². The molecule has 0 aliphatic heterocycles. The number of nitrogens with zero attached hydrogens (tertiary/aromatic N) is 1. The Balaban J connectivity index is 1.35. The first-order valence-electron chi connectivity index (χ1n) is 12.0. The van der Waals surface area contributed by atoms with Gasteiger partial charge in [-0.3, -0.25) is 4.79 Å². The van der Waals surface area contributed by atoms with E-state index in [1.807, 2.05) is 97.1 Å². The molecule has 0 heterocycles. The van der Waals surface area contributed by atoms with Gasteiger partial charge in [-0.15, -0.1) is 0 Å². The zero-order valence-electron chi connectivity index (χ0n) is 21.0. The van der Waals surface area contributed by atoms with Crippen LogP contribution in [0.1, 0.15) is 22.3 Å². The average Bonchev–Trinajstić information content (AvgIpc) is 2.93. The summed E-state index contributed by atoms with van der Waals surface area (Å²) in [5, 5.41) is 0. The molecule has 0 aromatic heterocycles. The van der Waals surface area contributed by atoms with Gasteiger partial charge in [0.25, 0.3) is 0 Å². The fourth-order valence-electron chi connectivity index (χ4n) is 3.80. The van der Waals surface area contributed by atoms with Crippen molar-refractivity contribution in [2.45, 2.75) is 26.2 Å². The predicted molar refractivity (Wildman–Crippen MR) is 149 cm³/mol. The molecular weight excluding hydrogens is 530 g/mol. The molecule has 37 heavy (non-hydrogen) atoms. The lowest BCUT2D eigenvalue weighted by molar-refractivity contribution is -0.129. The highest BCUT2D eigenvalue weighted by Crippen LogP contribution is 2.34. The summed E-state index contributed by atoms with van der Waals surface area (Å²) < 4.78 is 18.3. The largest absolute Gasteiger partial charge is 0.493 e. The minimum Gasteiger partial charge on any atom is -0.493 e. The minimum absolute atomic E-state index is 0.0208. The Hall–Kier alpha value is -3.77. The predicted octanol–water partition coefficient (Wildman–Crippen LogP) is 6.82. The number of carbonyl (C=O) groups excluding carboxylic acids is 1. The van der Waals surface area contributed by atoms with Crippen molar-refractivity contribution in [2.24, 2.45) is 0 Å². The molecule has 1 amide bonds. The van der Waals surface area contributed by atoms with Crippen molar-refractivity contribution >= 4 is 21.8 Å². The summed E-state index contributed by atoms with van der Waals surface area (Å²) in [5.74, 6) is 2.07. The summed E-state index contributed by atoms with van der Waals surface area (Å²) in [6.07, 6.45) is 0.306. The number of benzene rings is 4. The molecule has 4 rings (SSSR count). The summed E-state index contributed by atoms with van der Waals surface area (Å²) in [6.45, 7) is 1.37. The Morgan fingerprint density at radius 2 is 1.35 bits per heavy atom. The molecular formula is C31H30BrNO4. The SMILES string of the molecule is COc1cc(Br)c(CN(C)C(=O)Cc2ccc(OCc3ccccc3)cc2)cc1OCc1ccccc1. The van der Waals surface area contributed by atoms with Crippen molar-refractivity contribution in [1.29, 1.82) is 0 Å². The Morgan fingerprint density at radius 1 is 0.757 bits per heavy atom. The van der Waals surface area contributed by atoms with Crippen LogP contribution in [0.5, 0.6) is 17.2 Å². The maximum Gasteiger partial charge on any atom is 0.227 e. The van der Waals surface area contributed by atoms with Crippen LogP contribution in [0.15, 0.2) is 102 Å². The van der Waals surface area contributed by atoms with Gasteiger partial charge in [0.1, 0.15) is 19.0 Å². The molecule has 0 saturated heterocycles. The molecule has 0 aliphatic rings. The lowest BCUT2D eigenvalue weighted by atomic mass is 10.1. The van der Waals surface area contributed by atoms with E-state index in [9.17, 15) is 4.79 Å². The van der Waals surface area contributed by atoms with E-state index in [-0.39, 0.29) is 5.91 Å². The monoisotopic (exact) mass is 559 g/mol. The van der Waals surface area contributed by atoms with E-state index >= 15 is 0 Å². The maximum atomic E-state index is 13.0. The summed E-state index contributed by atoms with van der Waals surface area (Å²) in [6, 6.07) is 31.5. The molecule has 0 aliphatic carbocycles. The fraction of sp³-hybridized carbons (Fsp3) is 0.194. The highest BCUT2D eigenvalue weighted by molar-refractivity contribution is 9.10. The second-order valence-corrected chi connectivity index (χ2v) is 9.57. The number of likely N-dealkylation sites (N-methyl/N-ethyl adjacent to an activating group) is 1. The van der Waals surface area contributed by atoms with Crippen molar-refractivity contribution in [3.05, 3.63) is 124 Å². The van der Waals surface area contributed by atoms with E-state index in [1.165, 1.54) is 0 Å². The third kappa shape index (κ3) is 7.61. The van der Waals surface area contributed by atoms with Crippen LogP contribution < -0.4 is 14.2 Å². The topological polar surface area (TPSA) is 48.0 Å². The first kappa shape index (κ1) is 26.3. The second kappa shape index (κ2) is 13.0. The molecule has 0 fully saturated rings. The van der Waals surface area contributed by atoms with Gasteiger partial charge in [-0.25, -0.2) is 0 Å². The average molecular weight is 560 g/mol. The summed E-state index contributed by atoms with van der Waals surface area (Å²) in [5.41, 5.74) is 4.05. The normalized spacial score (nSPS) is 10.6. The van der Waals surface area contributed by atoms with Crippen LogP contribution in [0.2, 0.25) is 0 Å². The van der Waals surface area contributed by atoms with Gasteiger partial charge >= 0.3 is 0 Å². The summed E-state index contributed by atoms with van der Waals surface area (Å²) in [7, 11) is 3.42. The number of rotatable bonds is 11. The Labute approximate surface area is 226 Å². The minimum atomic E-state index is 0.0208. The maximum absolute atomic E-state index is 13.0. The lowest BCUT2D eigenvalue weighted by Gasteiger charge is -2.20. The molecule has 0 bridgehead atoms. The highest BCUT2D eigenvalue weighted by atomic mass is 79.9. The van der Waals surface area contributed by atoms with Crippen LogP contribution in [-0.2, 0) is 31.0 Å². The zero-order valence-corrected chi connectivity index (χ0v) is 22.6. The summed E-state index contributed by atoms with van der Waals surface area (Å²) in [4.78, 5) is 14.7. The molecule has 4 aromatic carbocycles. The molecule has 6 heteroatoms. The molecule has 0 atom stereocenters. The van der Waals surface area contributed by atoms with Crippen molar-refractivity contribution in [3.8, 4) is 17.2 Å². The Kier molecular flexibility index (Phi) is 9.22. The van der Waals surface area contributed by atoms with E-state index in [1.54, 1.807) is 19.1 Å². The van der Waals surface area contributed by atoms with Crippen LogP contribution in [-0.4, -0.2) is 25.0 Å². The van der Waals surface area contributed by atoms with Crippen LogP contribution >= 0.6 is 15.9 Å². The van der Waals surface area contributed by atoms with Crippen molar-refractivity contribution in [3.63, 3.8) is 0 Å². The molecule has 5 nitrogen and oxygen atoms in total. The molecule has 0 unspecified atom stereocenters. The van der Waals surface area contributed by atoms with Gasteiger partial charge in [0, 0.05) is 18.1 Å². The van der Waals surface area contributed by atoms with Gasteiger partial charge < -0.3 is 19.1 Å². The molecule has 190 valence electrons.